The van der Waals surface area contributed by atoms with Gasteiger partial charge in [0.15, 0.2) is 0 Å². The number of likely N-dealkylation sites (tertiary alicyclic amines) is 1. The molecule has 1 N–H and O–H groups in total. The first-order valence-electron chi connectivity index (χ1n) is 5.28. The number of aromatic nitrogens is 1. The van der Waals surface area contributed by atoms with Gasteiger partial charge in [0.25, 0.3) is 0 Å². The third kappa shape index (κ3) is 2.91. The Morgan fingerprint density at radius 1 is 1.73 bits per heavy atom. The van der Waals surface area contributed by atoms with E-state index in [2.05, 4.69) is 15.2 Å². The van der Waals surface area contributed by atoms with Crippen molar-refractivity contribution in [1.82, 2.24) is 15.2 Å². The van der Waals surface area contributed by atoms with E-state index in [0.717, 1.165) is 22.4 Å². The van der Waals surface area contributed by atoms with E-state index in [9.17, 15) is 0 Å². The number of likely N-dealkylation sites (N-methyl/N-ethyl adjacent to an activating group) is 1. The molecule has 0 radical (unpaired) electrons. The molecule has 1 aliphatic heterocycles. The predicted octanol–water partition coefficient (Wildman–Crippen LogP) is 1.98. The molecule has 0 spiro atoms. The van der Waals surface area contributed by atoms with Gasteiger partial charge in [-0.25, -0.2) is 4.98 Å². The largest absolute Gasteiger partial charge is 0.318 e. The van der Waals surface area contributed by atoms with Crippen LogP contribution in [0.4, 0.5) is 0 Å². The van der Waals surface area contributed by atoms with Gasteiger partial charge in [0.05, 0.1) is 12.7 Å². The SMILES string of the molecule is CNCC1CCCN1Cc1ncc(Cl)s1. The number of nitrogens with zero attached hydrogens (tertiary/aromatic N) is 2. The molecular formula is C10H16ClN3S. The minimum atomic E-state index is 0.665. The van der Waals surface area contributed by atoms with Crippen molar-refractivity contribution in [2.24, 2.45) is 0 Å². The number of thiazole rings is 1. The summed E-state index contributed by atoms with van der Waals surface area (Å²) in [6, 6.07) is 0.665. The van der Waals surface area contributed by atoms with Gasteiger partial charge in [0, 0.05) is 12.6 Å². The number of hydrogen-bond acceptors (Lipinski definition) is 4. The molecule has 2 heterocycles. The first-order valence-corrected chi connectivity index (χ1v) is 6.48. The highest BCUT2D eigenvalue weighted by Gasteiger charge is 2.24. The van der Waals surface area contributed by atoms with Gasteiger partial charge in [-0.05, 0) is 26.4 Å². The van der Waals surface area contributed by atoms with E-state index in [1.54, 1.807) is 17.5 Å². The van der Waals surface area contributed by atoms with Crippen LogP contribution in [0.3, 0.4) is 0 Å². The predicted molar refractivity (Wildman–Crippen MR) is 64.5 cm³/mol. The fourth-order valence-corrected chi connectivity index (χ4v) is 3.09. The van der Waals surface area contributed by atoms with Crippen LogP contribution in [0.15, 0.2) is 6.20 Å². The molecule has 3 nitrogen and oxygen atoms in total. The molecule has 0 aromatic carbocycles. The maximum atomic E-state index is 5.87. The minimum Gasteiger partial charge on any atom is -0.318 e. The summed E-state index contributed by atoms with van der Waals surface area (Å²) in [7, 11) is 2.01. The van der Waals surface area contributed by atoms with Crippen LogP contribution in [0.2, 0.25) is 4.34 Å². The van der Waals surface area contributed by atoms with Crippen LogP contribution in [0.25, 0.3) is 0 Å². The quantitative estimate of drug-likeness (QED) is 0.879. The number of rotatable bonds is 4. The second kappa shape index (κ2) is 5.25. The Kier molecular flexibility index (Phi) is 3.97. The van der Waals surface area contributed by atoms with Crippen molar-refractivity contribution in [3.8, 4) is 0 Å². The highest BCUT2D eigenvalue weighted by atomic mass is 35.5. The minimum absolute atomic E-state index is 0.665. The van der Waals surface area contributed by atoms with Crippen LogP contribution in [-0.4, -0.2) is 36.1 Å². The molecule has 1 aromatic rings. The number of hydrogen-bond donors (Lipinski definition) is 1. The van der Waals surface area contributed by atoms with Crippen LogP contribution in [-0.2, 0) is 6.54 Å². The second-order valence-electron chi connectivity index (χ2n) is 3.88. The zero-order valence-corrected chi connectivity index (χ0v) is 10.4. The van der Waals surface area contributed by atoms with Gasteiger partial charge in [-0.1, -0.05) is 11.6 Å². The Morgan fingerprint density at radius 3 is 3.27 bits per heavy atom. The summed E-state index contributed by atoms with van der Waals surface area (Å²) in [5.41, 5.74) is 0. The molecule has 0 aliphatic carbocycles. The smallest absolute Gasteiger partial charge is 0.113 e. The fraction of sp³-hybridized carbons (Fsp3) is 0.700. The van der Waals surface area contributed by atoms with Crippen LogP contribution in [0.1, 0.15) is 17.8 Å². The lowest BCUT2D eigenvalue weighted by Gasteiger charge is -2.22. The zero-order chi connectivity index (χ0) is 10.7. The lowest BCUT2D eigenvalue weighted by atomic mass is 10.2. The molecule has 0 saturated carbocycles. The van der Waals surface area contributed by atoms with Crippen LogP contribution < -0.4 is 5.32 Å². The molecule has 84 valence electrons. The molecule has 1 aliphatic rings. The average molecular weight is 246 g/mol. The number of nitrogens with one attached hydrogen (secondary N) is 1. The Balaban J connectivity index is 1.93. The summed E-state index contributed by atoms with van der Waals surface area (Å²) in [5, 5.41) is 4.37. The van der Waals surface area contributed by atoms with Gasteiger partial charge in [-0.15, -0.1) is 11.3 Å². The molecule has 1 saturated heterocycles. The van der Waals surface area contributed by atoms with Crippen molar-refractivity contribution in [2.45, 2.75) is 25.4 Å². The molecule has 1 fully saturated rings. The summed E-state index contributed by atoms with van der Waals surface area (Å²) >= 11 is 7.46. The molecule has 0 bridgehead atoms. The first kappa shape index (κ1) is 11.3. The standard InChI is InChI=1S/C10H16ClN3S/c1-12-5-8-3-2-4-14(8)7-10-13-6-9(11)15-10/h6,8,12H,2-5,7H2,1H3. The van der Waals surface area contributed by atoms with Gasteiger partial charge >= 0.3 is 0 Å². The Hall–Kier alpha value is -0.160. The molecule has 1 aromatic heterocycles. The van der Waals surface area contributed by atoms with E-state index in [1.807, 2.05) is 7.05 Å². The Bertz CT molecular complexity index is 315. The Labute approximate surface area is 99.5 Å². The second-order valence-corrected chi connectivity index (χ2v) is 5.63. The van der Waals surface area contributed by atoms with E-state index in [1.165, 1.54) is 19.4 Å². The lowest BCUT2D eigenvalue weighted by Crippen LogP contribution is -2.36. The highest BCUT2D eigenvalue weighted by molar-refractivity contribution is 7.15. The molecule has 1 atom stereocenters. The van der Waals surface area contributed by atoms with E-state index >= 15 is 0 Å². The Morgan fingerprint density at radius 2 is 2.60 bits per heavy atom. The van der Waals surface area contributed by atoms with Gasteiger partial charge in [0.1, 0.15) is 9.34 Å². The highest BCUT2D eigenvalue weighted by Crippen LogP contribution is 2.23. The molecule has 2 rings (SSSR count). The molecular weight excluding hydrogens is 230 g/mol. The lowest BCUT2D eigenvalue weighted by molar-refractivity contribution is 0.242. The van der Waals surface area contributed by atoms with Crippen molar-refractivity contribution in [3.05, 3.63) is 15.5 Å². The van der Waals surface area contributed by atoms with Gasteiger partial charge < -0.3 is 5.32 Å². The summed E-state index contributed by atoms with van der Waals surface area (Å²) in [6.45, 7) is 3.20. The fourth-order valence-electron chi connectivity index (χ4n) is 2.10. The monoisotopic (exact) mass is 245 g/mol. The van der Waals surface area contributed by atoms with E-state index in [-0.39, 0.29) is 0 Å². The van der Waals surface area contributed by atoms with Crippen molar-refractivity contribution in [1.29, 1.82) is 0 Å². The van der Waals surface area contributed by atoms with Gasteiger partial charge in [-0.3, -0.25) is 4.90 Å². The van der Waals surface area contributed by atoms with Crippen LogP contribution in [0.5, 0.6) is 0 Å². The van der Waals surface area contributed by atoms with E-state index in [4.69, 9.17) is 11.6 Å². The summed E-state index contributed by atoms with van der Waals surface area (Å²) in [5.74, 6) is 0. The third-order valence-corrected chi connectivity index (χ3v) is 3.90. The normalized spacial score (nSPS) is 22.4. The third-order valence-electron chi connectivity index (χ3n) is 2.80. The van der Waals surface area contributed by atoms with Gasteiger partial charge in [-0.2, -0.15) is 0 Å². The molecule has 15 heavy (non-hydrogen) atoms. The average Bonchev–Trinajstić information content (AvgIpc) is 2.78. The van der Waals surface area contributed by atoms with Crippen molar-refractivity contribution >= 4 is 22.9 Å². The summed E-state index contributed by atoms with van der Waals surface area (Å²) < 4.78 is 0.786. The van der Waals surface area contributed by atoms with E-state index in [0.29, 0.717) is 6.04 Å². The summed E-state index contributed by atoms with van der Waals surface area (Å²) in [4.78, 5) is 6.79. The van der Waals surface area contributed by atoms with Crippen molar-refractivity contribution < 1.29 is 0 Å². The van der Waals surface area contributed by atoms with Gasteiger partial charge in [0.2, 0.25) is 0 Å². The maximum absolute atomic E-state index is 5.87. The molecule has 1 unspecified atom stereocenters. The van der Waals surface area contributed by atoms with Crippen LogP contribution >= 0.6 is 22.9 Å². The van der Waals surface area contributed by atoms with Crippen molar-refractivity contribution in [2.75, 3.05) is 20.1 Å². The van der Waals surface area contributed by atoms with Crippen LogP contribution in [0, 0.1) is 0 Å². The van der Waals surface area contributed by atoms with Crippen molar-refractivity contribution in [3.63, 3.8) is 0 Å². The maximum Gasteiger partial charge on any atom is 0.113 e. The topological polar surface area (TPSA) is 28.2 Å². The zero-order valence-electron chi connectivity index (χ0n) is 8.87. The number of halogens is 1. The molecule has 0 amide bonds. The first-order chi connectivity index (χ1) is 7.29. The molecule has 5 heteroatoms. The van der Waals surface area contributed by atoms with E-state index < -0.39 is 0 Å². The summed E-state index contributed by atoms with van der Waals surface area (Å²) in [6.07, 6.45) is 4.33.